The van der Waals surface area contributed by atoms with Gasteiger partial charge >= 0.3 is 0 Å². The van der Waals surface area contributed by atoms with E-state index in [2.05, 4.69) is 0 Å². The van der Waals surface area contributed by atoms with E-state index >= 15 is 0 Å². The standard InChI is InChI=1S/C6H5F2IN2O3S/c7-5(8)2-1-3(12)11-6(4(2)9)15(10,13)14/h1,5H,(H,11,12)(H2,10,13,14). The van der Waals surface area contributed by atoms with Gasteiger partial charge in [0, 0.05) is 11.6 Å². The lowest BCUT2D eigenvalue weighted by molar-refractivity contribution is 0.149. The number of sulfonamides is 1. The molecule has 0 bridgehead atoms. The summed E-state index contributed by atoms with van der Waals surface area (Å²) >= 11 is 1.39. The van der Waals surface area contributed by atoms with Gasteiger partial charge in [-0.3, -0.25) is 4.79 Å². The molecule has 0 fully saturated rings. The minimum atomic E-state index is -4.21. The summed E-state index contributed by atoms with van der Waals surface area (Å²) in [6.07, 6.45) is -2.93. The molecule has 0 aliphatic heterocycles. The van der Waals surface area contributed by atoms with E-state index in [1.165, 1.54) is 22.6 Å². The van der Waals surface area contributed by atoms with E-state index in [0.717, 1.165) is 0 Å². The van der Waals surface area contributed by atoms with Crippen LogP contribution in [0.15, 0.2) is 15.9 Å². The molecule has 1 rings (SSSR count). The average Bonchev–Trinajstić information content (AvgIpc) is 2.06. The van der Waals surface area contributed by atoms with Crippen LogP contribution in [0.1, 0.15) is 12.0 Å². The van der Waals surface area contributed by atoms with Crippen LogP contribution in [0.2, 0.25) is 0 Å². The van der Waals surface area contributed by atoms with Gasteiger partial charge in [0.15, 0.2) is 5.03 Å². The molecule has 0 atom stereocenters. The lowest BCUT2D eigenvalue weighted by atomic mass is 10.3. The van der Waals surface area contributed by atoms with Crippen LogP contribution in [0.5, 0.6) is 0 Å². The van der Waals surface area contributed by atoms with Crippen molar-refractivity contribution in [2.24, 2.45) is 5.14 Å². The van der Waals surface area contributed by atoms with Crippen LogP contribution in [-0.4, -0.2) is 13.4 Å². The van der Waals surface area contributed by atoms with E-state index in [1.807, 2.05) is 4.98 Å². The Balaban J connectivity index is 3.64. The molecule has 0 aliphatic carbocycles. The maximum Gasteiger partial charge on any atom is 0.265 e. The zero-order valence-electron chi connectivity index (χ0n) is 7.00. The van der Waals surface area contributed by atoms with Gasteiger partial charge < -0.3 is 4.98 Å². The first kappa shape index (κ1) is 12.5. The largest absolute Gasteiger partial charge is 0.311 e. The second-order valence-corrected chi connectivity index (χ2v) is 5.15. The summed E-state index contributed by atoms with van der Waals surface area (Å²) in [6.45, 7) is 0. The van der Waals surface area contributed by atoms with Crippen LogP contribution in [-0.2, 0) is 10.0 Å². The van der Waals surface area contributed by atoms with Crippen LogP contribution < -0.4 is 10.7 Å². The topological polar surface area (TPSA) is 93.0 Å². The third-order valence-electron chi connectivity index (χ3n) is 1.50. The van der Waals surface area contributed by atoms with E-state index in [-0.39, 0.29) is 3.57 Å². The Morgan fingerprint density at radius 3 is 2.40 bits per heavy atom. The smallest absolute Gasteiger partial charge is 0.265 e. The Hall–Kier alpha value is -0.550. The summed E-state index contributed by atoms with van der Waals surface area (Å²) in [4.78, 5) is 12.8. The molecule has 0 aliphatic rings. The van der Waals surface area contributed by atoms with Crippen molar-refractivity contribution in [2.45, 2.75) is 11.5 Å². The summed E-state index contributed by atoms with van der Waals surface area (Å²) in [5.74, 6) is 0. The fraction of sp³-hybridized carbons (Fsp3) is 0.167. The Morgan fingerprint density at radius 1 is 1.47 bits per heavy atom. The van der Waals surface area contributed by atoms with Gasteiger partial charge in [0.2, 0.25) is 5.56 Å². The molecule has 3 N–H and O–H groups in total. The van der Waals surface area contributed by atoms with Crippen LogP contribution in [0.25, 0.3) is 0 Å². The van der Waals surface area contributed by atoms with Gasteiger partial charge in [0.25, 0.3) is 16.4 Å². The molecule has 0 saturated carbocycles. The quantitative estimate of drug-likeness (QED) is 0.764. The van der Waals surface area contributed by atoms with E-state index in [1.54, 1.807) is 0 Å². The van der Waals surface area contributed by atoms with Crippen molar-refractivity contribution in [2.75, 3.05) is 0 Å². The number of hydrogen-bond acceptors (Lipinski definition) is 3. The molecule has 1 aromatic heterocycles. The molecular formula is C6H5F2IN2O3S. The van der Waals surface area contributed by atoms with E-state index in [4.69, 9.17) is 5.14 Å². The lowest BCUT2D eigenvalue weighted by Gasteiger charge is -2.06. The fourth-order valence-corrected chi connectivity index (χ4v) is 2.95. The van der Waals surface area contributed by atoms with Gasteiger partial charge in [-0.1, -0.05) is 0 Å². The maximum absolute atomic E-state index is 12.4. The number of hydrogen-bond donors (Lipinski definition) is 2. The first-order valence-electron chi connectivity index (χ1n) is 3.47. The molecule has 0 unspecified atom stereocenters. The minimum Gasteiger partial charge on any atom is -0.311 e. The van der Waals surface area contributed by atoms with Crippen molar-refractivity contribution in [3.8, 4) is 0 Å². The summed E-state index contributed by atoms with van der Waals surface area (Å²) < 4.78 is 46.4. The summed E-state index contributed by atoms with van der Waals surface area (Å²) in [5.41, 5.74) is -1.59. The van der Waals surface area contributed by atoms with E-state index in [0.29, 0.717) is 6.07 Å². The fourth-order valence-electron chi connectivity index (χ4n) is 0.893. The van der Waals surface area contributed by atoms with Crippen molar-refractivity contribution in [1.29, 1.82) is 0 Å². The van der Waals surface area contributed by atoms with Gasteiger partial charge in [0.1, 0.15) is 0 Å². The Morgan fingerprint density at radius 2 is 2.00 bits per heavy atom. The predicted molar refractivity (Wildman–Crippen MR) is 56.1 cm³/mol. The number of halogens is 3. The normalized spacial score (nSPS) is 12.1. The molecular weight excluding hydrogens is 345 g/mol. The van der Waals surface area contributed by atoms with Crippen LogP contribution in [0, 0.1) is 3.57 Å². The molecule has 1 heterocycles. The molecule has 0 amide bonds. The first-order chi connectivity index (χ1) is 6.73. The van der Waals surface area contributed by atoms with Gasteiger partial charge in [-0.25, -0.2) is 22.3 Å². The molecule has 0 saturated heterocycles. The zero-order chi connectivity index (χ0) is 11.8. The second-order valence-electron chi connectivity index (χ2n) is 2.58. The molecule has 0 aromatic carbocycles. The highest BCUT2D eigenvalue weighted by atomic mass is 127. The Bertz CT molecular complexity index is 540. The number of aromatic amines is 1. The van der Waals surface area contributed by atoms with Crippen molar-refractivity contribution in [3.05, 3.63) is 25.6 Å². The number of nitrogens with two attached hydrogens (primary N) is 1. The van der Waals surface area contributed by atoms with Crippen LogP contribution >= 0.6 is 22.6 Å². The number of aromatic nitrogens is 1. The summed E-state index contributed by atoms with van der Waals surface area (Å²) in [5, 5.41) is 4.06. The molecule has 0 spiro atoms. The molecule has 5 nitrogen and oxygen atoms in total. The van der Waals surface area contributed by atoms with Crippen molar-refractivity contribution < 1.29 is 17.2 Å². The molecule has 84 valence electrons. The predicted octanol–water partition coefficient (Wildman–Crippen LogP) is 0.565. The lowest BCUT2D eigenvalue weighted by Crippen LogP contribution is -2.21. The van der Waals surface area contributed by atoms with Crippen LogP contribution in [0.4, 0.5) is 8.78 Å². The second kappa shape index (κ2) is 4.14. The van der Waals surface area contributed by atoms with E-state index in [9.17, 15) is 22.0 Å². The number of pyridine rings is 1. The highest BCUT2D eigenvalue weighted by Crippen LogP contribution is 2.25. The first-order valence-corrected chi connectivity index (χ1v) is 6.09. The maximum atomic E-state index is 12.4. The molecule has 1 aromatic rings. The summed E-state index contributed by atoms with van der Waals surface area (Å²) in [6, 6.07) is 0.640. The number of rotatable bonds is 2. The third kappa shape index (κ3) is 2.72. The van der Waals surface area contributed by atoms with Gasteiger partial charge in [-0.05, 0) is 22.6 Å². The van der Waals surface area contributed by atoms with Crippen molar-refractivity contribution in [1.82, 2.24) is 4.98 Å². The highest BCUT2D eigenvalue weighted by Gasteiger charge is 2.21. The Kier molecular flexibility index (Phi) is 3.45. The molecule has 9 heteroatoms. The number of alkyl halides is 2. The van der Waals surface area contributed by atoms with Gasteiger partial charge in [-0.15, -0.1) is 0 Å². The van der Waals surface area contributed by atoms with Crippen molar-refractivity contribution >= 4 is 32.6 Å². The molecule has 0 radical (unpaired) electrons. The highest BCUT2D eigenvalue weighted by molar-refractivity contribution is 14.1. The number of nitrogens with one attached hydrogen (secondary N) is 1. The zero-order valence-corrected chi connectivity index (χ0v) is 9.97. The molecule has 15 heavy (non-hydrogen) atoms. The van der Waals surface area contributed by atoms with Gasteiger partial charge in [-0.2, -0.15) is 0 Å². The van der Waals surface area contributed by atoms with Crippen molar-refractivity contribution in [3.63, 3.8) is 0 Å². The SMILES string of the molecule is NS(=O)(=O)c1[nH]c(=O)cc(C(F)F)c1I. The van der Waals surface area contributed by atoms with E-state index < -0.39 is 32.6 Å². The van der Waals surface area contributed by atoms with Crippen LogP contribution in [0.3, 0.4) is 0 Å². The third-order valence-corrected chi connectivity index (χ3v) is 3.90. The summed E-state index contributed by atoms with van der Waals surface area (Å²) in [7, 11) is -4.21. The Labute approximate surface area is 96.9 Å². The minimum absolute atomic E-state index is 0.273. The average molecular weight is 350 g/mol. The monoisotopic (exact) mass is 350 g/mol. The number of H-pyrrole nitrogens is 1. The van der Waals surface area contributed by atoms with Gasteiger partial charge in [0.05, 0.1) is 3.57 Å². The number of primary sulfonamides is 1.